The zero-order chi connectivity index (χ0) is 35.8. The van der Waals surface area contributed by atoms with Gasteiger partial charge in [0, 0.05) is 0 Å². The van der Waals surface area contributed by atoms with E-state index in [1.807, 2.05) is 0 Å². The Hall–Kier alpha value is -5.83. The average Bonchev–Trinajstić information content (AvgIpc) is 2.47. The summed E-state index contributed by atoms with van der Waals surface area (Å²) in [6, 6.07) is 0. The molecular weight excluding hydrogens is 1270 g/mol. The minimum absolute atomic E-state index is 0. The summed E-state index contributed by atoms with van der Waals surface area (Å²) in [5.41, 5.74) is 0. The van der Waals surface area contributed by atoms with E-state index in [2.05, 4.69) is 0 Å². The van der Waals surface area contributed by atoms with Gasteiger partial charge in [-0.3, -0.25) is 0 Å². The van der Waals surface area contributed by atoms with Gasteiger partial charge >= 0.3 is 79.9 Å². The molecule has 54 heavy (non-hydrogen) atoms. The van der Waals surface area contributed by atoms with Crippen molar-refractivity contribution >= 4 is 0 Å². The molecule has 0 aliphatic rings. The van der Waals surface area contributed by atoms with E-state index in [4.69, 9.17) is 153 Å². The van der Waals surface area contributed by atoms with E-state index in [1.165, 1.54) is 0 Å². The van der Waals surface area contributed by atoms with Gasteiger partial charge in [-0.25, -0.2) is 0 Å². The van der Waals surface area contributed by atoms with E-state index < -0.39 is 50.9 Å². The van der Waals surface area contributed by atoms with Gasteiger partial charge in [0.05, 0.1) is 50.9 Å². The van der Waals surface area contributed by atoms with Gasteiger partial charge in [-0.2, -0.15) is 0 Å². The number of hydrogen-bond acceptors (Lipinski definition) is 30. The van der Waals surface area contributed by atoms with Gasteiger partial charge in [-0.05, 0) is 0 Å². The Morgan fingerprint density at radius 1 is 0.185 bits per heavy atom. The van der Waals surface area contributed by atoms with E-state index in [0.717, 1.165) is 0 Å². The van der Waals surface area contributed by atoms with Crippen LogP contribution < -0.4 is 12.3 Å². The molecule has 0 atom stereocenters. The van der Waals surface area contributed by atoms with Crippen molar-refractivity contribution in [2.45, 2.75) is 0 Å². The summed E-state index contributed by atoms with van der Waals surface area (Å²) in [5, 5.41) is 148. The predicted octanol–water partition coefficient (Wildman–Crippen LogP) is -10.3. The van der Waals surface area contributed by atoms with E-state index in [-0.39, 0.29) is 147 Å². The summed E-state index contributed by atoms with van der Waals surface area (Å²) < 4.78 is 0. The second-order valence-corrected chi connectivity index (χ2v) is 2.24. The first-order valence-electron chi connectivity index (χ1n) is 5.48. The molecule has 0 saturated carbocycles. The fraction of sp³-hybridized carbons (Fsp3) is 0. The monoisotopic (exact) mass is 1300 g/mol. The Kier molecular flexibility index (Phi) is 585. The Labute approximate surface area is 349 Å². The van der Waals surface area contributed by atoms with Crippen LogP contribution in [0.5, 0.6) is 0 Å². The van der Waals surface area contributed by atoms with Crippen LogP contribution in [0.15, 0.2) is 0 Å². The molecule has 0 aromatic rings. The molecule has 52 nitrogen and oxygen atoms in total. The van der Waals surface area contributed by atoms with Crippen molar-refractivity contribution in [3.8, 4) is 0 Å². The van der Waals surface area contributed by atoms with Gasteiger partial charge in [0.1, 0.15) is 0 Å². The molecule has 0 rings (SSSR count). The van der Waals surface area contributed by atoms with Gasteiger partial charge in [0.25, 0.3) is 0 Å². The van der Waals surface area contributed by atoms with E-state index in [9.17, 15) is 0 Å². The van der Waals surface area contributed by atoms with Crippen LogP contribution in [0.4, 0.5) is 0 Å². The van der Waals surface area contributed by atoms with E-state index in [0.29, 0.717) is 0 Å². The predicted molar refractivity (Wildman–Crippen MR) is 157 cm³/mol. The molecule has 0 radical (unpaired) electrons. The topological polar surface area (TPSA) is 1060 Å². The third-order valence-electron chi connectivity index (χ3n) is 0. The summed E-state index contributed by atoms with van der Waals surface area (Å²) >= 11 is 0. The smallest absolute Gasteiger partial charge is 0.457 e. The molecule has 0 unspecified atom stereocenters. The summed E-state index contributed by atoms with van der Waals surface area (Å²) in [6.07, 6.45) is 0. The molecule has 336 valence electrons. The first kappa shape index (κ1) is 183. The van der Waals surface area contributed by atoms with Crippen LogP contribution in [-0.2, 0) is 21.9 Å². The van der Waals surface area contributed by atoms with Crippen molar-refractivity contribution in [3.63, 3.8) is 0 Å². The molecule has 0 heterocycles. The van der Waals surface area contributed by atoms with Crippen LogP contribution in [-0.4, -0.2) is 83.7 Å². The molecule has 0 amide bonds. The van der Waals surface area contributed by atoms with Crippen LogP contribution >= 0.6 is 0 Å². The van der Waals surface area contributed by atoms with Gasteiger partial charge in [-0.15, -0.1) is 0 Å². The maximum Gasteiger partial charge on any atom is 4.00 e. The third-order valence-corrected chi connectivity index (χ3v) is 0. The van der Waals surface area contributed by atoms with Crippen LogP contribution in [0.3, 0.4) is 0 Å². The Bertz CT molecular complexity index is 482. The summed E-state index contributed by atoms with van der Waals surface area (Å²) in [5.74, 6) is 0. The second kappa shape index (κ2) is 172. The minimum Gasteiger partial charge on any atom is -0.457 e. The van der Waals surface area contributed by atoms with Crippen molar-refractivity contribution < 1.29 is 186 Å². The molecule has 54 heteroatoms. The molecule has 0 bridgehead atoms. The van der Waals surface area contributed by atoms with Crippen LogP contribution in [0.25, 0.3) is 0 Å². The summed E-state index contributed by atoms with van der Waals surface area (Å²) in [6.45, 7) is 0. The largest absolute Gasteiger partial charge is 4.00 e. The van der Waals surface area contributed by atoms with Crippen molar-refractivity contribution in [1.82, 2.24) is 12.3 Å². The van der Waals surface area contributed by atoms with Gasteiger partial charge < -0.3 is 220 Å². The quantitative estimate of drug-likeness (QED) is 0.129. The van der Waals surface area contributed by atoms with E-state index in [1.54, 1.807) is 0 Å². The number of nitrogens with zero attached hydrogens (tertiary/aromatic N) is 10. The molecule has 0 spiro atoms. The Balaban J connectivity index is -0.00000000818. The normalized spacial score (nSPS) is 4.44. The number of rotatable bonds is 0. The van der Waals surface area contributed by atoms with E-state index >= 15 is 0 Å². The Morgan fingerprint density at radius 3 is 0.185 bits per heavy atom. The summed E-state index contributed by atoms with van der Waals surface area (Å²) in [7, 11) is 0. The maximum atomic E-state index is 8.25. The van der Waals surface area contributed by atoms with Crippen molar-refractivity contribution in [2.24, 2.45) is 0 Å². The first-order chi connectivity index (χ1) is 17.3. The summed E-state index contributed by atoms with van der Waals surface area (Å²) in [4.78, 5) is 82.5. The molecule has 0 saturated heterocycles. The molecule has 0 aromatic heterocycles. The maximum absolute atomic E-state index is 8.25. The molecule has 32 N–H and O–H groups in total. The molecular formula is H32N12O40Th2+4. The van der Waals surface area contributed by atoms with Gasteiger partial charge in [-0.1, -0.05) is 0 Å². The third kappa shape index (κ3) is 2770. The number of hydrogen-bond donors (Lipinski definition) is 2. The van der Waals surface area contributed by atoms with Crippen LogP contribution in [0, 0.1) is 233 Å². The fourth-order valence-electron chi connectivity index (χ4n) is 0. The second-order valence-electron chi connectivity index (χ2n) is 2.24. The zero-order valence-electron chi connectivity index (χ0n) is 25.0. The van der Waals surface area contributed by atoms with Crippen LogP contribution in [0.2, 0.25) is 0 Å². The minimum atomic E-state index is -1.75. The van der Waals surface area contributed by atoms with Crippen LogP contribution in [0.1, 0.15) is 0 Å². The van der Waals surface area contributed by atoms with Crippen molar-refractivity contribution in [2.75, 3.05) is 0 Å². The van der Waals surface area contributed by atoms with Crippen molar-refractivity contribution in [3.05, 3.63) is 153 Å². The molecule has 0 aromatic carbocycles. The van der Waals surface area contributed by atoms with Gasteiger partial charge in [0.2, 0.25) is 0 Å². The molecule has 0 fully saturated rings. The molecule has 0 aliphatic carbocycles. The average molecular weight is 1300 g/mol. The van der Waals surface area contributed by atoms with Crippen molar-refractivity contribution in [1.29, 1.82) is 0 Å². The zero-order valence-corrected chi connectivity index (χ0v) is 33.2. The standard InChI is InChI=1S/10NO3.2H3N.10H2O.2Th/c10*2-1(3)4;;;;;;;;;;;;;;/h;;;;;;;;;;2*1H3;10*1H2;;/q10*-1;;;;;;;;;;;;;2*+4/p+6. The van der Waals surface area contributed by atoms with Gasteiger partial charge in [0.15, 0.2) is 0 Å². The first-order valence-corrected chi connectivity index (χ1v) is 5.48. The molecule has 0 aliphatic heterocycles. The SMILES string of the molecule is O.O.O.O.O.O.O=[N+]([O-])[O-].O=[N+]([O-])[O-].O=[N+]([O-])[O-].O=[N+]([O-])[O-].O=[N+]([O-])[O-].O=[N+]([O-])[O-].O=[N+]([O-])[O-].O=[N+]([O-])[O-].O=[N+]([O-])[O-].O=[N+]([O-])[O-].[NH4+].[NH4+].[OH3+].[OH3+].[OH3+].[OH3+].[Th+4].[Th+4]. The Morgan fingerprint density at radius 2 is 0.185 bits per heavy atom. The fourth-order valence-corrected chi connectivity index (χ4v) is 0. The number of quaternary nitrogens is 2.